The maximum absolute atomic E-state index is 12.8. The summed E-state index contributed by atoms with van der Waals surface area (Å²) in [5, 5.41) is 0. The van der Waals surface area contributed by atoms with Gasteiger partial charge in [0.05, 0.1) is 0 Å². The van der Waals surface area contributed by atoms with Crippen LogP contribution in [-0.2, 0) is 12.8 Å². The van der Waals surface area contributed by atoms with Gasteiger partial charge in [-0.3, -0.25) is 4.79 Å². The van der Waals surface area contributed by atoms with Gasteiger partial charge in [0.1, 0.15) is 0 Å². The lowest BCUT2D eigenvalue weighted by atomic mass is 9.66. The molecule has 3 nitrogen and oxygen atoms in total. The molecule has 0 radical (unpaired) electrons. The van der Waals surface area contributed by atoms with E-state index < -0.39 is 0 Å². The Labute approximate surface area is 156 Å². The Morgan fingerprint density at radius 1 is 1.00 bits per heavy atom. The molecule has 26 heavy (non-hydrogen) atoms. The Kier molecular flexibility index (Phi) is 4.58. The molecule has 0 bridgehead atoms. The summed E-state index contributed by atoms with van der Waals surface area (Å²) in [6.07, 6.45) is 5.85. The van der Waals surface area contributed by atoms with E-state index in [-0.39, 0.29) is 11.9 Å². The molecule has 3 heteroatoms. The van der Waals surface area contributed by atoms with Crippen LogP contribution in [0.2, 0.25) is 0 Å². The Bertz CT molecular complexity index is 786. The van der Waals surface area contributed by atoms with Crippen molar-refractivity contribution in [2.45, 2.75) is 45.1 Å². The number of aryl methyl sites for hydroxylation is 1. The van der Waals surface area contributed by atoms with E-state index in [4.69, 9.17) is 5.73 Å². The van der Waals surface area contributed by atoms with Crippen molar-refractivity contribution in [1.82, 2.24) is 4.90 Å². The minimum atomic E-state index is 0.00294. The van der Waals surface area contributed by atoms with Gasteiger partial charge in [0.15, 0.2) is 0 Å². The number of carbonyl (C=O) groups is 1. The van der Waals surface area contributed by atoms with Gasteiger partial charge in [-0.1, -0.05) is 36.4 Å². The number of hydrogen-bond acceptors (Lipinski definition) is 2. The fraction of sp³-hybridized carbons (Fsp3) is 0.435. The zero-order chi connectivity index (χ0) is 18.1. The van der Waals surface area contributed by atoms with Crippen LogP contribution in [0.3, 0.4) is 0 Å². The summed E-state index contributed by atoms with van der Waals surface area (Å²) in [5.41, 5.74) is 11.2. The molecule has 2 aliphatic rings. The van der Waals surface area contributed by atoms with Gasteiger partial charge in [0, 0.05) is 24.7 Å². The number of rotatable bonds is 2. The van der Waals surface area contributed by atoms with Crippen molar-refractivity contribution in [3.8, 4) is 0 Å². The Morgan fingerprint density at radius 2 is 1.65 bits per heavy atom. The van der Waals surface area contributed by atoms with E-state index in [1.54, 1.807) is 0 Å². The Morgan fingerprint density at radius 3 is 2.31 bits per heavy atom. The lowest BCUT2D eigenvalue weighted by Gasteiger charge is -2.44. The van der Waals surface area contributed by atoms with E-state index in [0.717, 1.165) is 37.1 Å². The second kappa shape index (κ2) is 6.88. The van der Waals surface area contributed by atoms with Crippen molar-refractivity contribution in [1.29, 1.82) is 0 Å². The first kappa shape index (κ1) is 17.3. The van der Waals surface area contributed by atoms with Gasteiger partial charge in [-0.25, -0.2) is 0 Å². The van der Waals surface area contributed by atoms with Crippen LogP contribution in [0.5, 0.6) is 0 Å². The minimum Gasteiger partial charge on any atom is -0.339 e. The van der Waals surface area contributed by atoms with Crippen LogP contribution in [-0.4, -0.2) is 23.9 Å². The number of piperidine rings is 1. The average Bonchev–Trinajstić information content (AvgIpc) is 2.68. The summed E-state index contributed by atoms with van der Waals surface area (Å²) >= 11 is 0. The third-order valence-electron chi connectivity index (χ3n) is 6.40. The van der Waals surface area contributed by atoms with Gasteiger partial charge < -0.3 is 10.6 Å². The summed E-state index contributed by atoms with van der Waals surface area (Å²) in [6.45, 7) is 3.70. The highest BCUT2D eigenvalue weighted by Crippen LogP contribution is 2.43. The van der Waals surface area contributed by atoms with E-state index in [0.29, 0.717) is 5.41 Å². The second-order valence-electron chi connectivity index (χ2n) is 8.15. The molecule has 2 aromatic carbocycles. The lowest BCUT2D eigenvalue weighted by Crippen LogP contribution is -2.45. The number of amides is 1. The van der Waals surface area contributed by atoms with E-state index >= 15 is 0 Å². The highest BCUT2D eigenvalue weighted by Gasteiger charge is 2.38. The van der Waals surface area contributed by atoms with E-state index in [1.807, 2.05) is 36.1 Å². The smallest absolute Gasteiger partial charge is 0.253 e. The van der Waals surface area contributed by atoms with Gasteiger partial charge in [-0.2, -0.15) is 0 Å². The van der Waals surface area contributed by atoms with Crippen LogP contribution >= 0.6 is 0 Å². The normalized spacial score (nSPS) is 19.8. The van der Waals surface area contributed by atoms with Gasteiger partial charge in [0.25, 0.3) is 5.91 Å². The number of nitrogens with zero attached hydrogens (tertiary/aromatic N) is 1. The van der Waals surface area contributed by atoms with E-state index in [2.05, 4.69) is 24.3 Å². The number of benzene rings is 2. The van der Waals surface area contributed by atoms with Crippen molar-refractivity contribution in [2.24, 2.45) is 11.1 Å². The molecular formula is C23H28N2O. The molecule has 2 N–H and O–H groups in total. The highest BCUT2D eigenvalue weighted by molar-refractivity contribution is 5.94. The summed E-state index contributed by atoms with van der Waals surface area (Å²) in [4.78, 5) is 14.9. The molecule has 136 valence electrons. The van der Waals surface area contributed by atoms with Crippen molar-refractivity contribution < 1.29 is 4.79 Å². The summed E-state index contributed by atoms with van der Waals surface area (Å²) < 4.78 is 0. The maximum atomic E-state index is 12.8. The topological polar surface area (TPSA) is 46.3 Å². The number of fused-ring (bicyclic) bond motifs is 1. The fourth-order valence-electron chi connectivity index (χ4n) is 4.59. The molecule has 1 saturated heterocycles. The standard InChI is InChI=1S/C23H28N2O/c1-17(24)18-6-8-20(9-7-18)22(26)25-14-12-23(13-15-25)11-10-19-4-2-3-5-21(19)16-23/h2-9,17H,10-16,24H2,1H3. The molecule has 1 heterocycles. The third-order valence-corrected chi connectivity index (χ3v) is 6.40. The second-order valence-corrected chi connectivity index (χ2v) is 8.15. The van der Waals surface area contributed by atoms with Gasteiger partial charge in [0.2, 0.25) is 0 Å². The molecule has 1 amide bonds. The number of nitrogens with two attached hydrogens (primary N) is 1. The molecule has 0 saturated carbocycles. The van der Waals surface area contributed by atoms with Gasteiger partial charge in [-0.15, -0.1) is 0 Å². The molecule has 2 aromatic rings. The van der Waals surface area contributed by atoms with Crippen LogP contribution in [0.15, 0.2) is 48.5 Å². The van der Waals surface area contributed by atoms with E-state index in [1.165, 1.54) is 30.4 Å². The zero-order valence-electron chi connectivity index (χ0n) is 15.6. The third kappa shape index (κ3) is 3.28. The quantitative estimate of drug-likeness (QED) is 0.887. The molecule has 1 fully saturated rings. The largest absolute Gasteiger partial charge is 0.339 e. The van der Waals surface area contributed by atoms with E-state index in [9.17, 15) is 4.79 Å². The number of hydrogen-bond donors (Lipinski definition) is 1. The summed E-state index contributed by atoms with van der Waals surface area (Å²) in [6, 6.07) is 16.6. The molecule has 1 aliphatic carbocycles. The predicted octanol–water partition coefficient (Wildman–Crippen LogP) is 4.12. The molecule has 1 aliphatic heterocycles. The molecule has 1 unspecified atom stereocenters. The minimum absolute atomic E-state index is 0.00294. The lowest BCUT2D eigenvalue weighted by molar-refractivity contribution is 0.0544. The first-order valence-electron chi connectivity index (χ1n) is 9.78. The Balaban J connectivity index is 1.41. The molecule has 1 atom stereocenters. The first-order chi connectivity index (χ1) is 12.6. The van der Waals surface area contributed by atoms with Crippen molar-refractivity contribution in [3.63, 3.8) is 0 Å². The molecular weight excluding hydrogens is 320 g/mol. The van der Waals surface area contributed by atoms with Crippen LogP contribution in [0.4, 0.5) is 0 Å². The van der Waals surface area contributed by atoms with Crippen LogP contribution in [0.25, 0.3) is 0 Å². The average molecular weight is 348 g/mol. The number of likely N-dealkylation sites (tertiary alicyclic amines) is 1. The monoisotopic (exact) mass is 348 g/mol. The predicted molar refractivity (Wildman–Crippen MR) is 105 cm³/mol. The zero-order valence-corrected chi connectivity index (χ0v) is 15.6. The summed E-state index contributed by atoms with van der Waals surface area (Å²) in [5.74, 6) is 0.160. The molecule has 1 spiro atoms. The number of carbonyl (C=O) groups excluding carboxylic acids is 1. The van der Waals surface area contributed by atoms with Crippen molar-refractivity contribution in [2.75, 3.05) is 13.1 Å². The van der Waals surface area contributed by atoms with Crippen molar-refractivity contribution in [3.05, 3.63) is 70.8 Å². The first-order valence-corrected chi connectivity index (χ1v) is 9.78. The van der Waals surface area contributed by atoms with Crippen molar-refractivity contribution >= 4 is 5.91 Å². The van der Waals surface area contributed by atoms with Gasteiger partial charge in [-0.05, 0) is 73.3 Å². The molecule has 0 aromatic heterocycles. The SMILES string of the molecule is CC(N)c1ccc(C(=O)N2CCC3(CCc4ccccc4C3)CC2)cc1. The van der Waals surface area contributed by atoms with Gasteiger partial charge >= 0.3 is 0 Å². The van der Waals surface area contributed by atoms with Crippen LogP contribution in [0, 0.1) is 5.41 Å². The fourth-order valence-corrected chi connectivity index (χ4v) is 4.59. The highest BCUT2D eigenvalue weighted by atomic mass is 16.2. The molecule has 4 rings (SSSR count). The van der Waals surface area contributed by atoms with Crippen LogP contribution in [0.1, 0.15) is 59.3 Å². The van der Waals surface area contributed by atoms with Crippen LogP contribution < -0.4 is 5.73 Å². The summed E-state index contributed by atoms with van der Waals surface area (Å²) in [7, 11) is 0. The maximum Gasteiger partial charge on any atom is 0.253 e. The Hall–Kier alpha value is -2.13.